The topological polar surface area (TPSA) is 18.5 Å². The lowest BCUT2D eigenvalue weighted by Gasteiger charge is -2.17. The van der Waals surface area contributed by atoms with Gasteiger partial charge in [-0.05, 0) is 37.8 Å². The minimum Gasteiger partial charge on any atom is -0.496 e. The number of unbranched alkanes of at least 4 members (excludes halogenated alkanes) is 12. The molecule has 0 atom stereocenters. The first kappa shape index (κ1) is 24.9. The van der Waals surface area contributed by atoms with E-state index in [4.69, 9.17) is 9.47 Å². The molecule has 2 heteroatoms. The van der Waals surface area contributed by atoms with Crippen molar-refractivity contribution in [2.45, 2.75) is 117 Å². The smallest absolute Gasteiger partial charge is 0.122 e. The Kier molecular flexibility index (Phi) is 14.9. The van der Waals surface area contributed by atoms with Crippen molar-refractivity contribution in [1.82, 2.24) is 0 Å². The molecule has 1 rings (SSSR count). The predicted octanol–water partition coefficient (Wildman–Crippen LogP) is 8.29. The average Bonchev–Trinajstić information content (AvgIpc) is 2.72. The maximum atomic E-state index is 5.71. The number of rotatable bonds is 18. The lowest BCUT2D eigenvalue weighted by Crippen LogP contribution is -2.03. The van der Waals surface area contributed by atoms with Crippen LogP contribution in [-0.4, -0.2) is 14.2 Å². The van der Waals surface area contributed by atoms with Gasteiger partial charge in [-0.3, -0.25) is 0 Å². The summed E-state index contributed by atoms with van der Waals surface area (Å²) in [5.74, 6) is 2.09. The molecule has 0 amide bonds. The van der Waals surface area contributed by atoms with Gasteiger partial charge in [0.1, 0.15) is 11.5 Å². The second kappa shape index (κ2) is 16.7. The summed E-state index contributed by atoms with van der Waals surface area (Å²) in [6.07, 6.45) is 21.0. The molecule has 28 heavy (non-hydrogen) atoms. The minimum atomic E-state index is 1.05. The second-order valence-corrected chi connectivity index (χ2v) is 8.17. The first-order valence-corrected chi connectivity index (χ1v) is 12.0. The Morgan fingerprint density at radius 1 is 0.500 bits per heavy atom. The maximum absolute atomic E-state index is 5.71. The van der Waals surface area contributed by atoms with Gasteiger partial charge < -0.3 is 9.47 Å². The highest BCUT2D eigenvalue weighted by molar-refractivity contribution is 5.49. The molecule has 162 valence electrons. The number of benzene rings is 1. The van der Waals surface area contributed by atoms with Crippen LogP contribution in [0, 0.1) is 0 Å². The summed E-state index contributed by atoms with van der Waals surface area (Å²) in [5.41, 5.74) is 2.78. The fourth-order valence-corrected chi connectivity index (χ4v) is 4.10. The molecule has 0 fully saturated rings. The molecular weight excluding hydrogens is 344 g/mol. The van der Waals surface area contributed by atoms with E-state index in [1.807, 2.05) is 0 Å². The van der Waals surface area contributed by atoms with Gasteiger partial charge in [-0.15, -0.1) is 0 Å². The third kappa shape index (κ3) is 9.85. The van der Waals surface area contributed by atoms with Crippen LogP contribution in [0.5, 0.6) is 11.5 Å². The van der Waals surface area contributed by atoms with Crippen LogP contribution in [-0.2, 0) is 12.8 Å². The third-order valence-electron chi connectivity index (χ3n) is 5.85. The second-order valence-electron chi connectivity index (χ2n) is 8.17. The largest absolute Gasteiger partial charge is 0.496 e. The zero-order valence-electron chi connectivity index (χ0n) is 19.3. The molecule has 0 saturated carbocycles. The van der Waals surface area contributed by atoms with Gasteiger partial charge in [0.15, 0.2) is 0 Å². The van der Waals surface area contributed by atoms with Crippen molar-refractivity contribution in [3.8, 4) is 11.5 Å². The SMILES string of the molecule is CCCCCCCCCc1c(OC)ccc(OC)c1CCCCCCCCC. The molecule has 0 radical (unpaired) electrons. The Morgan fingerprint density at radius 2 is 0.821 bits per heavy atom. The molecule has 0 aliphatic heterocycles. The summed E-state index contributed by atoms with van der Waals surface area (Å²) < 4.78 is 11.4. The van der Waals surface area contributed by atoms with Gasteiger partial charge in [0, 0.05) is 11.1 Å². The van der Waals surface area contributed by atoms with E-state index in [1.165, 1.54) is 101 Å². The first-order chi connectivity index (χ1) is 13.8. The van der Waals surface area contributed by atoms with Crippen LogP contribution in [0.3, 0.4) is 0 Å². The summed E-state index contributed by atoms with van der Waals surface area (Å²) >= 11 is 0. The van der Waals surface area contributed by atoms with E-state index in [2.05, 4.69) is 26.0 Å². The molecule has 0 aromatic heterocycles. The van der Waals surface area contributed by atoms with Gasteiger partial charge in [0.2, 0.25) is 0 Å². The van der Waals surface area contributed by atoms with Gasteiger partial charge in [0.25, 0.3) is 0 Å². The standard InChI is InChI=1S/C26H46O2/c1-5-7-9-11-13-15-17-19-23-24(20-18-16-14-12-10-8-6-2)26(28-4)22-21-25(23)27-3/h21-22H,5-20H2,1-4H3. The molecule has 1 aromatic carbocycles. The van der Waals surface area contributed by atoms with Gasteiger partial charge in [-0.2, -0.15) is 0 Å². The van der Waals surface area contributed by atoms with Crippen molar-refractivity contribution in [3.63, 3.8) is 0 Å². The Morgan fingerprint density at radius 3 is 1.14 bits per heavy atom. The molecule has 2 nitrogen and oxygen atoms in total. The van der Waals surface area contributed by atoms with Crippen molar-refractivity contribution in [2.24, 2.45) is 0 Å². The summed E-state index contributed by atoms with van der Waals surface area (Å²) in [7, 11) is 3.60. The Balaban J connectivity index is 2.57. The number of ether oxygens (including phenoxy) is 2. The van der Waals surface area contributed by atoms with Crippen molar-refractivity contribution in [3.05, 3.63) is 23.3 Å². The van der Waals surface area contributed by atoms with Crippen molar-refractivity contribution >= 4 is 0 Å². The predicted molar refractivity (Wildman–Crippen MR) is 123 cm³/mol. The number of hydrogen-bond acceptors (Lipinski definition) is 2. The van der Waals surface area contributed by atoms with Crippen LogP contribution < -0.4 is 9.47 Å². The van der Waals surface area contributed by atoms with Gasteiger partial charge >= 0.3 is 0 Å². The van der Waals surface area contributed by atoms with Crippen molar-refractivity contribution in [1.29, 1.82) is 0 Å². The number of hydrogen-bond donors (Lipinski definition) is 0. The van der Waals surface area contributed by atoms with Crippen LogP contribution in [0.4, 0.5) is 0 Å². The first-order valence-electron chi connectivity index (χ1n) is 12.0. The fraction of sp³-hybridized carbons (Fsp3) is 0.769. The Labute approximate surface area is 175 Å². The van der Waals surface area contributed by atoms with Gasteiger partial charge in [0.05, 0.1) is 14.2 Å². The van der Waals surface area contributed by atoms with Crippen LogP contribution in [0.2, 0.25) is 0 Å². The summed E-state index contributed by atoms with van der Waals surface area (Å²) in [4.78, 5) is 0. The van der Waals surface area contributed by atoms with Crippen molar-refractivity contribution < 1.29 is 9.47 Å². The highest BCUT2D eigenvalue weighted by Crippen LogP contribution is 2.33. The number of methoxy groups -OCH3 is 2. The quantitative estimate of drug-likeness (QED) is 0.235. The normalized spacial score (nSPS) is 11.0. The molecule has 0 bridgehead atoms. The van der Waals surface area contributed by atoms with E-state index in [1.54, 1.807) is 14.2 Å². The van der Waals surface area contributed by atoms with Crippen LogP contribution >= 0.6 is 0 Å². The molecule has 1 aromatic rings. The zero-order chi connectivity index (χ0) is 20.5. The molecule has 0 aliphatic rings. The summed E-state index contributed by atoms with van der Waals surface area (Å²) in [5, 5.41) is 0. The highest BCUT2D eigenvalue weighted by Gasteiger charge is 2.14. The Bertz CT molecular complexity index is 450. The molecule has 0 aliphatic carbocycles. The fourth-order valence-electron chi connectivity index (χ4n) is 4.10. The highest BCUT2D eigenvalue weighted by atomic mass is 16.5. The minimum absolute atomic E-state index is 1.05. The van der Waals surface area contributed by atoms with E-state index in [0.717, 1.165) is 24.3 Å². The van der Waals surface area contributed by atoms with E-state index in [-0.39, 0.29) is 0 Å². The monoisotopic (exact) mass is 390 g/mol. The third-order valence-corrected chi connectivity index (χ3v) is 5.85. The zero-order valence-corrected chi connectivity index (χ0v) is 19.3. The van der Waals surface area contributed by atoms with Crippen LogP contribution in [0.25, 0.3) is 0 Å². The summed E-state index contributed by atoms with van der Waals surface area (Å²) in [6.45, 7) is 4.56. The van der Waals surface area contributed by atoms with E-state index < -0.39 is 0 Å². The molecular formula is C26H46O2. The lowest BCUT2D eigenvalue weighted by atomic mass is 9.94. The van der Waals surface area contributed by atoms with Gasteiger partial charge in [-0.1, -0.05) is 90.9 Å². The van der Waals surface area contributed by atoms with Crippen molar-refractivity contribution in [2.75, 3.05) is 14.2 Å². The molecule has 0 N–H and O–H groups in total. The molecule has 0 saturated heterocycles. The molecule has 0 heterocycles. The summed E-state index contributed by atoms with van der Waals surface area (Å²) in [6, 6.07) is 4.17. The van der Waals surface area contributed by atoms with Crippen LogP contribution in [0.15, 0.2) is 12.1 Å². The van der Waals surface area contributed by atoms with Crippen LogP contribution in [0.1, 0.15) is 115 Å². The average molecular weight is 391 g/mol. The molecule has 0 unspecified atom stereocenters. The maximum Gasteiger partial charge on any atom is 0.122 e. The van der Waals surface area contributed by atoms with E-state index in [9.17, 15) is 0 Å². The molecule has 0 spiro atoms. The van der Waals surface area contributed by atoms with E-state index >= 15 is 0 Å². The van der Waals surface area contributed by atoms with E-state index in [0.29, 0.717) is 0 Å². The Hall–Kier alpha value is -1.18. The van der Waals surface area contributed by atoms with Gasteiger partial charge in [-0.25, -0.2) is 0 Å². The lowest BCUT2D eigenvalue weighted by molar-refractivity contribution is 0.392.